The molecular weight excluding hydrogens is 512 g/mol. The second-order valence-corrected chi connectivity index (χ2v) is 13.2. The minimum atomic E-state index is -3.12. The number of thiophene rings is 1. The van der Waals surface area contributed by atoms with E-state index in [4.69, 9.17) is 4.74 Å². The summed E-state index contributed by atoms with van der Waals surface area (Å²) in [5.74, 6) is 0.265. The Morgan fingerprint density at radius 1 is 1.03 bits per heavy atom. The molecule has 1 aliphatic heterocycles. The fraction of sp³-hybridized carbons (Fsp3) is 0.346. The van der Waals surface area contributed by atoms with E-state index in [1.165, 1.54) is 16.2 Å². The first kappa shape index (κ1) is 26.6. The van der Waals surface area contributed by atoms with Crippen LogP contribution in [0.2, 0.25) is 0 Å². The van der Waals surface area contributed by atoms with Crippen LogP contribution in [0.4, 0.5) is 15.5 Å². The zero-order valence-corrected chi connectivity index (χ0v) is 22.6. The van der Waals surface area contributed by atoms with Gasteiger partial charge in [0.1, 0.15) is 17.4 Å². The molecule has 1 aromatic carbocycles. The van der Waals surface area contributed by atoms with E-state index in [1.807, 2.05) is 32.9 Å². The Bertz CT molecular complexity index is 1350. The lowest BCUT2D eigenvalue weighted by Crippen LogP contribution is -2.43. The Labute approximate surface area is 220 Å². The van der Waals surface area contributed by atoms with Crippen molar-refractivity contribution in [3.63, 3.8) is 0 Å². The maximum atomic E-state index is 13.3. The van der Waals surface area contributed by atoms with Crippen LogP contribution in [0.1, 0.15) is 41.6 Å². The van der Waals surface area contributed by atoms with E-state index in [0.29, 0.717) is 28.6 Å². The second-order valence-electron chi connectivity index (χ2n) is 9.80. The molecule has 1 fully saturated rings. The fourth-order valence-corrected chi connectivity index (χ4v) is 5.95. The predicted octanol–water partition coefficient (Wildman–Crippen LogP) is 4.53. The van der Waals surface area contributed by atoms with E-state index in [0.717, 1.165) is 10.4 Å². The molecule has 1 aliphatic rings. The molecule has 0 saturated carbocycles. The summed E-state index contributed by atoms with van der Waals surface area (Å²) in [4.78, 5) is 32.5. The quantitative estimate of drug-likeness (QED) is 0.472. The highest BCUT2D eigenvalue weighted by Gasteiger charge is 2.30. The molecule has 1 saturated heterocycles. The molecule has 11 heteroatoms. The van der Waals surface area contributed by atoms with Gasteiger partial charge in [-0.2, -0.15) is 0 Å². The topological polar surface area (TPSA) is 118 Å². The van der Waals surface area contributed by atoms with Crippen LogP contribution in [0, 0.1) is 0 Å². The maximum absolute atomic E-state index is 13.3. The zero-order chi connectivity index (χ0) is 26.6. The highest BCUT2D eigenvalue weighted by atomic mass is 32.2. The number of rotatable bonds is 6. The molecule has 196 valence electrons. The highest BCUT2D eigenvalue weighted by Crippen LogP contribution is 2.37. The van der Waals surface area contributed by atoms with Crippen LogP contribution >= 0.6 is 11.3 Å². The summed E-state index contributed by atoms with van der Waals surface area (Å²) in [5, 5.41) is 6.03. The second kappa shape index (κ2) is 10.9. The first-order chi connectivity index (χ1) is 17.5. The van der Waals surface area contributed by atoms with Crippen LogP contribution < -0.4 is 15.4 Å². The Hall–Kier alpha value is -3.44. The van der Waals surface area contributed by atoms with Crippen molar-refractivity contribution in [2.45, 2.75) is 32.8 Å². The summed E-state index contributed by atoms with van der Waals surface area (Å²) in [5.41, 5.74) is 1.70. The third-order valence-corrected chi connectivity index (χ3v) is 8.91. The van der Waals surface area contributed by atoms with Gasteiger partial charge in [0.25, 0.3) is 5.91 Å². The van der Waals surface area contributed by atoms with Gasteiger partial charge in [-0.25, -0.2) is 13.2 Å². The van der Waals surface area contributed by atoms with Gasteiger partial charge in [0.05, 0.1) is 17.1 Å². The minimum absolute atomic E-state index is 0.0550. The Kier molecular flexibility index (Phi) is 7.84. The normalized spacial score (nSPS) is 15.2. The number of amides is 3. The third-order valence-electron chi connectivity index (χ3n) is 5.83. The Morgan fingerprint density at radius 2 is 1.68 bits per heavy atom. The zero-order valence-electron chi connectivity index (χ0n) is 21.0. The van der Waals surface area contributed by atoms with Gasteiger partial charge in [0.2, 0.25) is 0 Å². The van der Waals surface area contributed by atoms with E-state index in [-0.39, 0.29) is 35.9 Å². The standard InChI is InChI=1S/C26H30N4O5S2/c1-26(2,3)22-16-21(24(31)30-12-14-37(33,34)15-13-30)23(36-22)29-25(32)28-19-4-6-20(7-5-19)35-17-18-8-10-27-11-9-18/h4-11,16H,12-15,17H2,1-3H3,(H2,28,29,32). The number of pyridine rings is 1. The van der Waals surface area contributed by atoms with Crippen molar-refractivity contribution >= 4 is 43.8 Å². The molecule has 9 nitrogen and oxygen atoms in total. The average molecular weight is 543 g/mol. The fourth-order valence-electron chi connectivity index (χ4n) is 3.64. The molecule has 0 atom stereocenters. The number of hydrogen-bond acceptors (Lipinski definition) is 7. The van der Waals surface area contributed by atoms with Crippen molar-refractivity contribution < 1.29 is 22.7 Å². The molecule has 2 aromatic heterocycles. The van der Waals surface area contributed by atoms with Crippen LogP contribution in [-0.4, -0.2) is 54.8 Å². The number of nitrogens with one attached hydrogen (secondary N) is 2. The van der Waals surface area contributed by atoms with Gasteiger partial charge in [-0.3, -0.25) is 15.1 Å². The van der Waals surface area contributed by atoms with Crippen molar-refractivity contribution in [3.05, 3.63) is 70.9 Å². The largest absolute Gasteiger partial charge is 0.489 e. The van der Waals surface area contributed by atoms with Gasteiger partial charge in [0, 0.05) is 36.0 Å². The molecule has 3 amide bonds. The summed E-state index contributed by atoms with van der Waals surface area (Å²) in [6.07, 6.45) is 3.41. The highest BCUT2D eigenvalue weighted by molar-refractivity contribution is 7.91. The summed E-state index contributed by atoms with van der Waals surface area (Å²) in [6, 6.07) is 12.1. The van der Waals surface area contributed by atoms with Crippen LogP contribution in [0.3, 0.4) is 0 Å². The van der Waals surface area contributed by atoms with Crippen molar-refractivity contribution in [1.29, 1.82) is 0 Å². The third kappa shape index (κ3) is 7.07. The SMILES string of the molecule is CC(C)(C)c1cc(C(=O)N2CCS(=O)(=O)CC2)c(NC(=O)Nc2ccc(OCc3ccncc3)cc2)s1. The number of anilines is 2. The number of urea groups is 1. The van der Waals surface area contributed by atoms with E-state index in [2.05, 4.69) is 15.6 Å². The van der Waals surface area contributed by atoms with E-state index in [1.54, 1.807) is 42.7 Å². The molecule has 37 heavy (non-hydrogen) atoms. The smallest absolute Gasteiger partial charge is 0.324 e. The van der Waals surface area contributed by atoms with Gasteiger partial charge in [-0.1, -0.05) is 20.8 Å². The lowest BCUT2D eigenvalue weighted by Gasteiger charge is -2.26. The number of sulfone groups is 1. The monoisotopic (exact) mass is 542 g/mol. The van der Waals surface area contributed by atoms with Crippen molar-refractivity contribution in [2.75, 3.05) is 35.2 Å². The van der Waals surface area contributed by atoms with Crippen molar-refractivity contribution in [3.8, 4) is 5.75 Å². The van der Waals surface area contributed by atoms with Gasteiger partial charge in [-0.05, 0) is 53.4 Å². The van der Waals surface area contributed by atoms with E-state index >= 15 is 0 Å². The molecular formula is C26H30N4O5S2. The lowest BCUT2D eigenvalue weighted by atomic mass is 9.94. The first-order valence-electron chi connectivity index (χ1n) is 11.8. The van der Waals surface area contributed by atoms with Crippen LogP contribution in [0.15, 0.2) is 54.9 Å². The molecule has 0 bridgehead atoms. The number of ether oxygens (including phenoxy) is 1. The predicted molar refractivity (Wildman–Crippen MR) is 145 cm³/mol. The lowest BCUT2D eigenvalue weighted by molar-refractivity contribution is 0.0771. The number of carbonyl (C=O) groups is 2. The summed E-state index contributed by atoms with van der Waals surface area (Å²) in [7, 11) is -3.12. The molecule has 2 N–H and O–H groups in total. The summed E-state index contributed by atoms with van der Waals surface area (Å²) >= 11 is 1.34. The van der Waals surface area contributed by atoms with Gasteiger partial charge >= 0.3 is 6.03 Å². The molecule has 3 heterocycles. The van der Waals surface area contributed by atoms with Crippen LogP contribution in [-0.2, 0) is 21.9 Å². The molecule has 3 aromatic rings. The van der Waals surface area contributed by atoms with Crippen LogP contribution in [0.25, 0.3) is 0 Å². The minimum Gasteiger partial charge on any atom is -0.489 e. The van der Waals surface area contributed by atoms with Crippen LogP contribution in [0.5, 0.6) is 5.75 Å². The maximum Gasteiger partial charge on any atom is 0.324 e. The van der Waals surface area contributed by atoms with E-state index < -0.39 is 15.9 Å². The van der Waals surface area contributed by atoms with Gasteiger partial charge in [0.15, 0.2) is 9.84 Å². The van der Waals surface area contributed by atoms with E-state index in [9.17, 15) is 18.0 Å². The number of hydrogen-bond donors (Lipinski definition) is 2. The number of benzene rings is 1. The van der Waals surface area contributed by atoms with Gasteiger partial charge < -0.3 is 15.0 Å². The summed E-state index contributed by atoms with van der Waals surface area (Å²) < 4.78 is 29.3. The Balaban J connectivity index is 1.42. The van der Waals surface area contributed by atoms with Crippen molar-refractivity contribution in [1.82, 2.24) is 9.88 Å². The molecule has 0 unspecified atom stereocenters. The van der Waals surface area contributed by atoms with Gasteiger partial charge in [-0.15, -0.1) is 11.3 Å². The first-order valence-corrected chi connectivity index (χ1v) is 14.5. The molecule has 0 spiro atoms. The Morgan fingerprint density at radius 3 is 2.30 bits per heavy atom. The summed E-state index contributed by atoms with van der Waals surface area (Å²) in [6.45, 7) is 6.78. The van der Waals surface area contributed by atoms with Crippen molar-refractivity contribution in [2.24, 2.45) is 0 Å². The molecule has 4 rings (SSSR count). The molecule has 0 aliphatic carbocycles. The number of aromatic nitrogens is 1. The number of nitrogens with zero attached hydrogens (tertiary/aromatic N) is 2. The number of carbonyl (C=O) groups excluding carboxylic acids is 2. The average Bonchev–Trinajstić information content (AvgIpc) is 3.28. The molecule has 0 radical (unpaired) electrons.